The van der Waals surface area contributed by atoms with E-state index >= 15 is 0 Å². The Morgan fingerprint density at radius 1 is 0.0965 bits per heavy atom. The minimum Gasteiger partial charge on any atom is -0.309 e. The molecule has 24 rings (SSSR count). The van der Waals surface area contributed by atoms with Crippen LogP contribution in [-0.4, -0.2) is 27.4 Å². The molecule has 0 atom stereocenters. The lowest BCUT2D eigenvalue weighted by atomic mass is 10.0. The number of fused-ring (bicyclic) bond motifs is 18. The first-order chi connectivity index (χ1) is 56.6. The predicted molar refractivity (Wildman–Crippen MR) is 481 cm³/mol. The Morgan fingerprint density at radius 2 is 0.272 bits per heavy atom. The molecular weight excluding hydrogens is 1380 g/mol. The van der Waals surface area contributed by atoms with Gasteiger partial charge in [0.25, 0.3) is 0 Å². The van der Waals surface area contributed by atoms with Gasteiger partial charge in [-0.25, -0.2) is 0 Å². The van der Waals surface area contributed by atoms with Gasteiger partial charge in [-0.15, -0.1) is 0 Å². The van der Waals surface area contributed by atoms with Crippen molar-refractivity contribution < 1.29 is 0 Å². The molecule has 114 heavy (non-hydrogen) atoms. The molecule has 0 aliphatic heterocycles. The van der Waals surface area contributed by atoms with Crippen molar-refractivity contribution in [2.45, 2.75) is 0 Å². The van der Waals surface area contributed by atoms with Crippen LogP contribution in [0, 0.1) is 0 Å². The zero-order valence-electron chi connectivity index (χ0n) is 62.1. The molecule has 6 aromatic heterocycles. The molecule has 532 valence electrons. The molecule has 0 radical (unpaired) electrons. The third-order valence-corrected chi connectivity index (χ3v) is 23.7. The molecule has 6 heterocycles. The molecule has 0 spiro atoms. The molecule has 6 nitrogen and oxygen atoms in total. The van der Waals surface area contributed by atoms with E-state index in [2.05, 4.69) is 452 Å². The van der Waals surface area contributed by atoms with Gasteiger partial charge in [0, 0.05) is 98.8 Å². The smallest absolute Gasteiger partial charge is 0.0541 e. The molecule has 0 aliphatic rings. The quantitative estimate of drug-likeness (QED) is 0.131. The zero-order chi connectivity index (χ0) is 74.9. The van der Waals surface area contributed by atoms with Crippen molar-refractivity contribution in [3.05, 3.63) is 425 Å². The molecule has 6 heteroatoms. The van der Waals surface area contributed by atoms with Crippen LogP contribution < -0.4 is 0 Å². The number of hydrogen-bond acceptors (Lipinski definition) is 0. The highest BCUT2D eigenvalue weighted by Crippen LogP contribution is 2.44. The first-order valence-electron chi connectivity index (χ1n) is 39.2. The van der Waals surface area contributed by atoms with Gasteiger partial charge in [-0.2, -0.15) is 0 Å². The van der Waals surface area contributed by atoms with Gasteiger partial charge in [-0.05, 0) is 214 Å². The lowest BCUT2D eigenvalue weighted by molar-refractivity contribution is 1.14. The minimum absolute atomic E-state index is 1.14. The number of benzene rings is 18. The van der Waals surface area contributed by atoms with Gasteiger partial charge in [0.15, 0.2) is 0 Å². The summed E-state index contributed by atoms with van der Waals surface area (Å²) in [5, 5.41) is 15.1. The van der Waals surface area contributed by atoms with E-state index in [9.17, 15) is 0 Å². The average Bonchev–Trinajstić information content (AvgIpc) is 1.58. The largest absolute Gasteiger partial charge is 0.309 e. The summed E-state index contributed by atoms with van der Waals surface area (Å²) in [7, 11) is 0. The van der Waals surface area contributed by atoms with Crippen molar-refractivity contribution >= 4 is 131 Å². The van der Waals surface area contributed by atoms with Crippen molar-refractivity contribution in [2.24, 2.45) is 0 Å². The molecule has 24 aromatic rings. The second kappa shape index (κ2) is 26.2. The second-order valence-electron chi connectivity index (χ2n) is 29.9. The molecule has 18 aromatic carbocycles. The standard InChI is InChI=1S/2C54H35N3/c1-2-13-36(14-3-1)37-15-12-16-42(33-37)57-52-24-11-7-20-46(52)48-35-39(26-32-54(48)57)38-25-31-53-47(34-38)45-19-6-10-23-51(45)56(53)41-29-27-40(28-30-41)55-49-21-8-4-17-43(49)44-18-5-9-22-50(44)55;1-2-12-36(13-3-1)37-22-26-40(27-23-37)56-51-20-10-6-16-45(51)47-34-38(24-32-53(47)56)39-25-33-54-48(35-39)46-17-7-11-21-52(46)57(54)42-30-28-41(29-31-42)55-49-18-8-4-14-43(49)44-15-5-9-19-50(44)55/h2*1-35H. The van der Waals surface area contributed by atoms with E-state index in [0.29, 0.717) is 0 Å². The second-order valence-corrected chi connectivity index (χ2v) is 29.9. The molecule has 0 bridgehead atoms. The number of rotatable bonds is 10. The summed E-state index contributed by atoms with van der Waals surface area (Å²) >= 11 is 0. The Hall–Kier alpha value is -15.2. The number of aromatic nitrogens is 6. The third kappa shape index (κ3) is 10.4. The molecule has 0 fully saturated rings. The fraction of sp³-hybridized carbons (Fsp3) is 0. The van der Waals surface area contributed by atoms with Gasteiger partial charge in [0.1, 0.15) is 0 Å². The number of hydrogen-bond donors (Lipinski definition) is 0. The predicted octanol–water partition coefficient (Wildman–Crippen LogP) is 28.6. The van der Waals surface area contributed by atoms with Crippen LogP contribution >= 0.6 is 0 Å². The Balaban J connectivity index is 0.000000135. The van der Waals surface area contributed by atoms with E-state index in [4.69, 9.17) is 0 Å². The van der Waals surface area contributed by atoms with E-state index in [0.717, 1.165) is 34.1 Å². The van der Waals surface area contributed by atoms with Crippen LogP contribution in [0.15, 0.2) is 425 Å². The van der Waals surface area contributed by atoms with Gasteiger partial charge in [0.2, 0.25) is 0 Å². The zero-order valence-corrected chi connectivity index (χ0v) is 62.1. The highest BCUT2D eigenvalue weighted by molar-refractivity contribution is 6.16. The maximum Gasteiger partial charge on any atom is 0.0541 e. The van der Waals surface area contributed by atoms with Gasteiger partial charge in [-0.3, -0.25) is 0 Å². The van der Waals surface area contributed by atoms with Crippen LogP contribution in [-0.2, 0) is 0 Å². The van der Waals surface area contributed by atoms with E-state index < -0.39 is 0 Å². The number of para-hydroxylation sites is 8. The highest BCUT2D eigenvalue weighted by atomic mass is 15.0. The van der Waals surface area contributed by atoms with E-state index in [1.165, 1.54) is 175 Å². The summed E-state index contributed by atoms with van der Waals surface area (Å²) in [5.74, 6) is 0. The lowest BCUT2D eigenvalue weighted by Gasteiger charge is -2.12. The van der Waals surface area contributed by atoms with Crippen LogP contribution in [0.1, 0.15) is 0 Å². The van der Waals surface area contributed by atoms with Crippen LogP contribution in [0.3, 0.4) is 0 Å². The van der Waals surface area contributed by atoms with Gasteiger partial charge >= 0.3 is 0 Å². The van der Waals surface area contributed by atoms with Gasteiger partial charge < -0.3 is 27.4 Å². The fourth-order valence-corrected chi connectivity index (χ4v) is 18.5. The van der Waals surface area contributed by atoms with E-state index in [1.807, 2.05) is 0 Å². The summed E-state index contributed by atoms with van der Waals surface area (Å²) in [4.78, 5) is 0. The molecule has 0 aliphatic carbocycles. The maximum absolute atomic E-state index is 2.41. The SMILES string of the molecule is c1ccc(-c2ccc(-n3c4ccccc4c4cc(-c5ccc6c(c5)c5ccccc5n6-c5ccc(-n6c7ccccc7c7ccccc76)cc5)ccc43)cc2)cc1.c1ccc(-c2cccc(-n3c4ccccc4c4cc(-c5ccc6c(c5)c5ccccc5n6-c5ccc(-n6c7ccccc7c7ccccc76)cc5)ccc43)c2)cc1. The van der Waals surface area contributed by atoms with Gasteiger partial charge in [-0.1, -0.05) is 255 Å². The van der Waals surface area contributed by atoms with Crippen LogP contribution in [0.25, 0.3) is 209 Å². The Kier molecular flexibility index (Phi) is 14.9. The first-order valence-corrected chi connectivity index (χ1v) is 39.2. The lowest BCUT2D eigenvalue weighted by Crippen LogP contribution is -1.97. The summed E-state index contributed by atoms with van der Waals surface area (Å²) in [6, 6.07) is 155. The average molecular weight is 1450 g/mol. The van der Waals surface area contributed by atoms with Crippen LogP contribution in [0.5, 0.6) is 0 Å². The maximum atomic E-state index is 2.41. The topological polar surface area (TPSA) is 29.6 Å². The van der Waals surface area contributed by atoms with Crippen LogP contribution in [0.2, 0.25) is 0 Å². The molecular formula is C108H70N6. The molecule has 0 amide bonds. The van der Waals surface area contributed by atoms with Crippen LogP contribution in [0.4, 0.5) is 0 Å². The van der Waals surface area contributed by atoms with E-state index in [1.54, 1.807) is 0 Å². The first kappa shape index (κ1) is 64.7. The normalized spacial score (nSPS) is 11.9. The van der Waals surface area contributed by atoms with Crippen molar-refractivity contribution in [1.82, 2.24) is 27.4 Å². The molecule has 0 saturated heterocycles. The van der Waals surface area contributed by atoms with Crippen molar-refractivity contribution in [1.29, 1.82) is 0 Å². The monoisotopic (exact) mass is 1450 g/mol. The Labute approximate surface area is 657 Å². The molecule has 0 unspecified atom stereocenters. The summed E-state index contributed by atoms with van der Waals surface area (Å²) < 4.78 is 14.4. The van der Waals surface area contributed by atoms with Crippen molar-refractivity contribution in [3.8, 4) is 78.6 Å². The molecule has 0 N–H and O–H groups in total. The summed E-state index contributed by atoms with van der Waals surface area (Å²) in [6.45, 7) is 0. The summed E-state index contributed by atoms with van der Waals surface area (Å²) in [6.07, 6.45) is 0. The third-order valence-electron chi connectivity index (χ3n) is 23.7. The van der Waals surface area contributed by atoms with Gasteiger partial charge in [0.05, 0.1) is 66.2 Å². The Bertz CT molecular complexity index is 7830. The Morgan fingerprint density at radius 3 is 0.544 bits per heavy atom. The minimum atomic E-state index is 1.14. The molecule has 0 saturated carbocycles. The fourth-order valence-electron chi connectivity index (χ4n) is 18.5. The number of nitrogens with zero attached hydrogens (tertiary/aromatic N) is 6. The summed E-state index contributed by atoms with van der Waals surface area (Å²) in [5.41, 5.74) is 31.1. The highest BCUT2D eigenvalue weighted by Gasteiger charge is 2.22. The van der Waals surface area contributed by atoms with Crippen molar-refractivity contribution in [3.63, 3.8) is 0 Å². The van der Waals surface area contributed by atoms with E-state index in [-0.39, 0.29) is 0 Å². The van der Waals surface area contributed by atoms with Crippen molar-refractivity contribution in [2.75, 3.05) is 0 Å².